The van der Waals surface area contributed by atoms with E-state index in [9.17, 15) is 9.59 Å². The number of benzene rings is 1. The summed E-state index contributed by atoms with van der Waals surface area (Å²) in [6.45, 7) is 6.57. The van der Waals surface area contributed by atoms with Crippen LogP contribution < -0.4 is 22.3 Å². The monoisotopic (exact) mass is 330 g/mol. The van der Waals surface area contributed by atoms with Crippen LogP contribution in [-0.2, 0) is 13.6 Å². The molecule has 0 amide bonds. The van der Waals surface area contributed by atoms with Crippen molar-refractivity contribution in [3.05, 3.63) is 56.7 Å². The fourth-order valence-corrected chi connectivity index (χ4v) is 2.85. The van der Waals surface area contributed by atoms with Crippen molar-refractivity contribution in [1.29, 1.82) is 0 Å². The van der Waals surface area contributed by atoms with Crippen LogP contribution in [0.3, 0.4) is 0 Å². The third kappa shape index (κ3) is 3.88. The second kappa shape index (κ2) is 7.38. The third-order valence-electron chi connectivity index (χ3n) is 3.98. The molecule has 0 radical (unpaired) electrons. The molecule has 2 rings (SSSR count). The topological polar surface area (TPSA) is 82.0 Å². The van der Waals surface area contributed by atoms with Gasteiger partial charge in [0.25, 0.3) is 5.56 Å². The normalized spacial score (nSPS) is 12.4. The second-order valence-corrected chi connectivity index (χ2v) is 6.65. The quantitative estimate of drug-likeness (QED) is 0.849. The summed E-state index contributed by atoms with van der Waals surface area (Å²) in [7, 11) is 1.48. The molecule has 24 heavy (non-hydrogen) atoms. The first kappa shape index (κ1) is 17.8. The zero-order chi connectivity index (χ0) is 17.9. The highest BCUT2D eigenvalue weighted by atomic mass is 16.2. The lowest BCUT2D eigenvalue weighted by molar-refractivity contribution is 0.538. The van der Waals surface area contributed by atoms with E-state index in [2.05, 4.69) is 19.2 Å². The minimum atomic E-state index is -0.414. The van der Waals surface area contributed by atoms with Crippen molar-refractivity contribution < 1.29 is 0 Å². The average Bonchev–Trinajstić information content (AvgIpc) is 2.54. The molecule has 130 valence electrons. The van der Waals surface area contributed by atoms with Gasteiger partial charge in [0, 0.05) is 13.1 Å². The van der Waals surface area contributed by atoms with Gasteiger partial charge in [-0.05, 0) is 24.8 Å². The smallest absolute Gasteiger partial charge is 0.332 e. The number of nitrogens with zero attached hydrogens (tertiary/aromatic N) is 2. The molecule has 0 spiro atoms. The third-order valence-corrected chi connectivity index (χ3v) is 3.98. The van der Waals surface area contributed by atoms with Crippen LogP contribution in [0.4, 0.5) is 11.5 Å². The molecule has 0 saturated heterocycles. The van der Waals surface area contributed by atoms with Crippen LogP contribution in [0.5, 0.6) is 0 Å². The molecule has 0 aliphatic heterocycles. The van der Waals surface area contributed by atoms with Gasteiger partial charge in [0.05, 0.1) is 6.54 Å². The number of nitrogens with one attached hydrogen (secondary N) is 1. The largest absolute Gasteiger partial charge is 0.383 e. The van der Waals surface area contributed by atoms with E-state index in [4.69, 9.17) is 5.73 Å². The van der Waals surface area contributed by atoms with Crippen LogP contribution in [0.25, 0.3) is 0 Å². The van der Waals surface area contributed by atoms with Crippen molar-refractivity contribution in [2.75, 3.05) is 11.1 Å². The lowest BCUT2D eigenvalue weighted by Gasteiger charge is -2.20. The molecule has 6 heteroatoms. The van der Waals surface area contributed by atoms with Crippen molar-refractivity contribution in [3.8, 4) is 0 Å². The maximum absolute atomic E-state index is 12.4. The Bertz CT molecular complexity index is 806. The highest BCUT2D eigenvalue weighted by Gasteiger charge is 2.17. The lowest BCUT2D eigenvalue weighted by Crippen LogP contribution is -2.41. The predicted molar refractivity (Wildman–Crippen MR) is 98.4 cm³/mol. The Morgan fingerprint density at radius 2 is 1.75 bits per heavy atom. The van der Waals surface area contributed by atoms with Crippen molar-refractivity contribution in [2.45, 2.75) is 39.8 Å². The summed E-state index contributed by atoms with van der Waals surface area (Å²) in [5.74, 6) is 0.676. The standard InChI is InChI=1S/C18H26N4O2/c1-12(2)10-13(3)20-15-16(19)22(18(24)21(4)17(15)23)11-14-8-6-5-7-9-14/h5-9,12-13,20H,10-11,19H2,1-4H3. The summed E-state index contributed by atoms with van der Waals surface area (Å²) < 4.78 is 2.53. The maximum atomic E-state index is 12.4. The summed E-state index contributed by atoms with van der Waals surface area (Å²) >= 11 is 0. The van der Waals surface area contributed by atoms with E-state index in [0.717, 1.165) is 16.6 Å². The molecule has 1 aromatic carbocycles. The summed E-state index contributed by atoms with van der Waals surface area (Å²) in [6, 6.07) is 9.65. The van der Waals surface area contributed by atoms with Gasteiger partial charge >= 0.3 is 5.69 Å². The van der Waals surface area contributed by atoms with Gasteiger partial charge < -0.3 is 11.1 Å². The van der Waals surface area contributed by atoms with Crippen LogP contribution in [0.15, 0.2) is 39.9 Å². The molecule has 0 aliphatic carbocycles. The number of nitrogen functional groups attached to an aromatic ring is 1. The van der Waals surface area contributed by atoms with Gasteiger partial charge in [0.15, 0.2) is 0 Å². The van der Waals surface area contributed by atoms with Crippen LogP contribution in [0.1, 0.15) is 32.8 Å². The van der Waals surface area contributed by atoms with Gasteiger partial charge in [0.2, 0.25) is 0 Å². The van der Waals surface area contributed by atoms with Gasteiger partial charge in [-0.3, -0.25) is 13.9 Å². The summed E-state index contributed by atoms with van der Waals surface area (Å²) in [5, 5.41) is 3.19. The fraction of sp³-hybridized carbons (Fsp3) is 0.444. The Kier molecular flexibility index (Phi) is 5.49. The van der Waals surface area contributed by atoms with Gasteiger partial charge in [-0.15, -0.1) is 0 Å². The van der Waals surface area contributed by atoms with Crippen LogP contribution in [0.2, 0.25) is 0 Å². The van der Waals surface area contributed by atoms with E-state index in [1.54, 1.807) is 0 Å². The van der Waals surface area contributed by atoms with Crippen molar-refractivity contribution in [3.63, 3.8) is 0 Å². The number of aromatic nitrogens is 2. The molecular weight excluding hydrogens is 304 g/mol. The molecule has 2 aromatic rings. The zero-order valence-corrected chi connectivity index (χ0v) is 14.7. The molecule has 0 aliphatic rings. The van der Waals surface area contributed by atoms with Gasteiger partial charge in [-0.1, -0.05) is 44.2 Å². The summed E-state index contributed by atoms with van der Waals surface area (Å²) in [6.07, 6.45) is 0.903. The van der Waals surface area contributed by atoms with Gasteiger partial charge in [-0.2, -0.15) is 0 Å². The van der Waals surface area contributed by atoms with Gasteiger partial charge in [-0.25, -0.2) is 4.79 Å². The first-order valence-corrected chi connectivity index (χ1v) is 8.21. The SMILES string of the molecule is CC(C)CC(C)Nc1c(N)n(Cc2ccccc2)c(=O)n(C)c1=O. The molecule has 0 fully saturated rings. The van der Waals surface area contributed by atoms with E-state index in [-0.39, 0.29) is 11.9 Å². The Morgan fingerprint density at radius 3 is 2.33 bits per heavy atom. The van der Waals surface area contributed by atoms with E-state index in [0.29, 0.717) is 18.2 Å². The lowest BCUT2D eigenvalue weighted by atomic mass is 10.1. The molecule has 3 N–H and O–H groups in total. The molecule has 1 heterocycles. The highest BCUT2D eigenvalue weighted by molar-refractivity contribution is 5.61. The molecular formula is C18H26N4O2. The van der Waals surface area contributed by atoms with E-state index in [1.807, 2.05) is 37.3 Å². The zero-order valence-electron chi connectivity index (χ0n) is 14.7. The van der Waals surface area contributed by atoms with Crippen molar-refractivity contribution in [2.24, 2.45) is 13.0 Å². The van der Waals surface area contributed by atoms with E-state index >= 15 is 0 Å². The average molecular weight is 330 g/mol. The first-order valence-electron chi connectivity index (χ1n) is 8.21. The Labute approximate surface area is 141 Å². The fourth-order valence-electron chi connectivity index (χ4n) is 2.85. The number of hydrogen-bond donors (Lipinski definition) is 2. The van der Waals surface area contributed by atoms with Crippen molar-refractivity contribution in [1.82, 2.24) is 9.13 Å². The van der Waals surface area contributed by atoms with Gasteiger partial charge in [0.1, 0.15) is 11.5 Å². The minimum absolute atomic E-state index is 0.0858. The molecule has 1 aromatic heterocycles. The second-order valence-electron chi connectivity index (χ2n) is 6.65. The molecule has 0 saturated carbocycles. The van der Waals surface area contributed by atoms with Crippen LogP contribution in [0, 0.1) is 5.92 Å². The maximum Gasteiger partial charge on any atom is 0.332 e. The molecule has 0 bridgehead atoms. The van der Waals surface area contributed by atoms with Crippen LogP contribution in [-0.4, -0.2) is 15.2 Å². The number of nitrogens with two attached hydrogens (primary N) is 1. The van der Waals surface area contributed by atoms with Crippen LogP contribution >= 0.6 is 0 Å². The Balaban J connectivity index is 2.45. The number of anilines is 2. The summed E-state index contributed by atoms with van der Waals surface area (Å²) in [5.41, 5.74) is 6.61. The van der Waals surface area contributed by atoms with E-state index in [1.165, 1.54) is 11.6 Å². The predicted octanol–water partition coefficient (Wildman–Crippen LogP) is 2.02. The first-order chi connectivity index (χ1) is 11.3. The van der Waals surface area contributed by atoms with Crippen molar-refractivity contribution >= 4 is 11.5 Å². The molecule has 6 nitrogen and oxygen atoms in total. The highest BCUT2D eigenvalue weighted by Crippen LogP contribution is 2.16. The Hall–Kier alpha value is -2.50. The molecule has 1 atom stereocenters. The summed E-state index contributed by atoms with van der Waals surface area (Å²) in [4.78, 5) is 24.9. The Morgan fingerprint density at radius 1 is 1.12 bits per heavy atom. The number of hydrogen-bond acceptors (Lipinski definition) is 4. The van der Waals surface area contributed by atoms with E-state index < -0.39 is 11.2 Å². The minimum Gasteiger partial charge on any atom is -0.383 e. The molecule has 1 unspecified atom stereocenters. The number of rotatable bonds is 6.